The summed E-state index contributed by atoms with van der Waals surface area (Å²) >= 11 is 5.63. The van der Waals surface area contributed by atoms with Crippen molar-refractivity contribution in [1.29, 1.82) is 0 Å². The molecule has 1 amide bonds. The maximum absolute atomic E-state index is 13.2. The second kappa shape index (κ2) is 8.23. The quantitative estimate of drug-likeness (QED) is 0.701. The summed E-state index contributed by atoms with van der Waals surface area (Å²) < 4.78 is 76.0. The molecule has 2 aromatic rings. The van der Waals surface area contributed by atoms with Crippen molar-refractivity contribution in [1.82, 2.24) is 0 Å². The molecular weight excluding hydrogens is 449 g/mol. The molecule has 1 aliphatic rings. The van der Waals surface area contributed by atoms with Crippen molar-refractivity contribution >= 4 is 38.9 Å². The molecule has 0 atom stereocenters. The van der Waals surface area contributed by atoms with Gasteiger partial charge in [0.05, 0.1) is 22.7 Å². The predicted molar refractivity (Wildman–Crippen MR) is 104 cm³/mol. The van der Waals surface area contributed by atoms with Gasteiger partial charge in [-0.1, -0.05) is 11.6 Å². The van der Waals surface area contributed by atoms with Gasteiger partial charge in [-0.2, -0.15) is 13.2 Å². The van der Waals surface area contributed by atoms with Gasteiger partial charge in [-0.3, -0.25) is 9.10 Å². The van der Waals surface area contributed by atoms with E-state index in [1.54, 1.807) is 0 Å². The molecule has 0 fully saturated rings. The lowest BCUT2D eigenvalue weighted by molar-refractivity contribution is -0.137. The van der Waals surface area contributed by atoms with Crippen molar-refractivity contribution in [3.8, 4) is 11.5 Å². The number of nitrogens with zero attached hydrogens (tertiary/aromatic N) is 1. The highest BCUT2D eigenvalue weighted by Crippen LogP contribution is 2.38. The van der Waals surface area contributed by atoms with Crippen LogP contribution in [-0.2, 0) is 21.0 Å². The Labute approximate surface area is 175 Å². The Morgan fingerprint density at radius 2 is 1.87 bits per heavy atom. The summed E-state index contributed by atoms with van der Waals surface area (Å²) in [7, 11) is -3.93. The van der Waals surface area contributed by atoms with Crippen LogP contribution in [0.2, 0.25) is 5.02 Å². The number of fused-ring (bicyclic) bond motifs is 1. The smallest absolute Gasteiger partial charge is 0.418 e. The van der Waals surface area contributed by atoms with Gasteiger partial charge in [0.2, 0.25) is 22.7 Å². The van der Waals surface area contributed by atoms with Gasteiger partial charge in [0.25, 0.3) is 0 Å². The highest BCUT2D eigenvalue weighted by Gasteiger charge is 2.34. The molecule has 0 radical (unpaired) electrons. The van der Waals surface area contributed by atoms with E-state index in [0.717, 1.165) is 10.4 Å². The van der Waals surface area contributed by atoms with Gasteiger partial charge >= 0.3 is 6.18 Å². The van der Waals surface area contributed by atoms with Crippen LogP contribution in [0.1, 0.15) is 12.5 Å². The van der Waals surface area contributed by atoms with Crippen molar-refractivity contribution < 1.29 is 35.9 Å². The first-order valence-corrected chi connectivity index (χ1v) is 10.6. The molecule has 30 heavy (non-hydrogen) atoms. The van der Waals surface area contributed by atoms with Gasteiger partial charge in [-0.15, -0.1) is 0 Å². The molecule has 0 spiro atoms. The molecule has 162 valence electrons. The Kier molecular flexibility index (Phi) is 6.04. The summed E-state index contributed by atoms with van der Waals surface area (Å²) in [4.78, 5) is 12.5. The average Bonchev–Trinajstić information content (AvgIpc) is 3.14. The second-order valence-corrected chi connectivity index (χ2v) is 8.80. The van der Waals surface area contributed by atoms with Crippen LogP contribution < -0.4 is 19.1 Å². The maximum atomic E-state index is 13.2. The standard InChI is InChI=1S/C18H16ClF3N2O5S/c1-2-30(26,27)24(12-4-6-15-16(8-12)29-10-28-15)9-17(25)23-14-5-3-11(19)7-13(14)18(20,21)22/h3-8H,2,9-10H2,1H3,(H,23,25). The van der Waals surface area contributed by atoms with Crippen LogP contribution in [0.5, 0.6) is 11.5 Å². The molecule has 7 nitrogen and oxygen atoms in total. The number of ether oxygens (including phenoxy) is 2. The predicted octanol–water partition coefficient (Wildman–Crippen LogP) is 3.88. The number of benzene rings is 2. The first kappa shape index (κ1) is 22.0. The van der Waals surface area contributed by atoms with Gasteiger partial charge in [-0.25, -0.2) is 8.42 Å². The molecule has 0 saturated carbocycles. The molecule has 1 N–H and O–H groups in total. The number of hydrogen-bond acceptors (Lipinski definition) is 5. The van der Waals surface area contributed by atoms with Crippen LogP contribution in [0, 0.1) is 0 Å². The summed E-state index contributed by atoms with van der Waals surface area (Å²) in [6.45, 7) is 0.612. The number of nitrogens with one attached hydrogen (secondary N) is 1. The number of carbonyl (C=O) groups excluding carboxylic acids is 1. The summed E-state index contributed by atoms with van der Waals surface area (Å²) in [5.41, 5.74) is -1.56. The minimum atomic E-state index is -4.76. The number of amides is 1. The Morgan fingerprint density at radius 3 is 2.53 bits per heavy atom. The third kappa shape index (κ3) is 4.73. The number of halogens is 4. The Balaban J connectivity index is 1.89. The molecule has 1 heterocycles. The zero-order valence-electron chi connectivity index (χ0n) is 15.5. The monoisotopic (exact) mass is 464 g/mol. The van der Waals surface area contributed by atoms with Crippen LogP contribution in [-0.4, -0.2) is 33.4 Å². The first-order chi connectivity index (χ1) is 14.0. The number of rotatable bonds is 6. The van der Waals surface area contributed by atoms with Crippen molar-refractivity contribution in [2.45, 2.75) is 13.1 Å². The van der Waals surface area contributed by atoms with Crippen LogP contribution in [0.25, 0.3) is 0 Å². The number of alkyl halides is 3. The van der Waals surface area contributed by atoms with E-state index in [0.29, 0.717) is 17.6 Å². The lowest BCUT2D eigenvalue weighted by atomic mass is 10.1. The minimum absolute atomic E-state index is 0.0312. The van der Waals surface area contributed by atoms with Gasteiger partial charge in [0, 0.05) is 11.1 Å². The molecular formula is C18H16ClF3N2O5S. The number of anilines is 2. The fraction of sp³-hybridized carbons (Fsp3) is 0.278. The summed E-state index contributed by atoms with van der Waals surface area (Å²) in [5, 5.41) is 1.96. The molecule has 12 heteroatoms. The van der Waals surface area contributed by atoms with E-state index >= 15 is 0 Å². The minimum Gasteiger partial charge on any atom is -0.454 e. The van der Waals surface area contributed by atoms with Gasteiger partial charge in [-0.05, 0) is 37.3 Å². The molecule has 3 rings (SSSR count). The normalized spacial score (nSPS) is 13.2. The number of carbonyl (C=O) groups is 1. The fourth-order valence-electron chi connectivity index (χ4n) is 2.73. The molecule has 0 unspecified atom stereocenters. The van der Waals surface area contributed by atoms with Crippen molar-refractivity contribution in [3.05, 3.63) is 47.0 Å². The van der Waals surface area contributed by atoms with E-state index in [1.165, 1.54) is 31.2 Å². The molecule has 0 saturated heterocycles. The number of hydrogen-bond donors (Lipinski definition) is 1. The third-order valence-electron chi connectivity index (χ3n) is 4.19. The zero-order chi connectivity index (χ0) is 22.1. The fourth-order valence-corrected chi connectivity index (χ4v) is 3.96. The molecule has 2 aromatic carbocycles. The largest absolute Gasteiger partial charge is 0.454 e. The SMILES string of the molecule is CCS(=O)(=O)N(CC(=O)Nc1ccc(Cl)cc1C(F)(F)F)c1ccc2c(c1)OCO2. The summed E-state index contributed by atoms with van der Waals surface area (Å²) in [6.07, 6.45) is -4.76. The Morgan fingerprint density at radius 1 is 1.17 bits per heavy atom. The topological polar surface area (TPSA) is 84.9 Å². The third-order valence-corrected chi connectivity index (χ3v) is 6.17. The lowest BCUT2D eigenvalue weighted by Crippen LogP contribution is -2.39. The van der Waals surface area contributed by atoms with Crippen LogP contribution in [0.4, 0.5) is 24.5 Å². The Hall–Kier alpha value is -2.66. The van der Waals surface area contributed by atoms with E-state index in [9.17, 15) is 26.4 Å². The van der Waals surface area contributed by atoms with E-state index < -0.39 is 39.9 Å². The maximum Gasteiger partial charge on any atom is 0.418 e. The second-order valence-electron chi connectivity index (χ2n) is 6.18. The Bertz CT molecular complexity index is 1080. The highest BCUT2D eigenvalue weighted by atomic mass is 35.5. The van der Waals surface area contributed by atoms with Crippen molar-refractivity contribution in [2.75, 3.05) is 28.7 Å². The van der Waals surface area contributed by atoms with Gasteiger partial charge < -0.3 is 14.8 Å². The lowest BCUT2D eigenvalue weighted by Gasteiger charge is -2.24. The highest BCUT2D eigenvalue weighted by molar-refractivity contribution is 7.92. The van der Waals surface area contributed by atoms with Gasteiger partial charge in [0.15, 0.2) is 11.5 Å². The molecule has 0 aliphatic carbocycles. The van der Waals surface area contributed by atoms with Crippen LogP contribution in [0.15, 0.2) is 36.4 Å². The summed E-state index contributed by atoms with van der Waals surface area (Å²) in [6, 6.07) is 7.14. The van der Waals surface area contributed by atoms with Crippen LogP contribution >= 0.6 is 11.6 Å². The van der Waals surface area contributed by atoms with E-state index in [4.69, 9.17) is 21.1 Å². The van der Waals surface area contributed by atoms with Crippen LogP contribution in [0.3, 0.4) is 0 Å². The average molecular weight is 465 g/mol. The van der Waals surface area contributed by atoms with Crippen molar-refractivity contribution in [3.63, 3.8) is 0 Å². The van der Waals surface area contributed by atoms with Crippen molar-refractivity contribution in [2.24, 2.45) is 0 Å². The van der Waals surface area contributed by atoms with Gasteiger partial charge in [0.1, 0.15) is 6.54 Å². The molecule has 0 bridgehead atoms. The van der Waals surface area contributed by atoms with E-state index in [2.05, 4.69) is 5.32 Å². The summed E-state index contributed by atoms with van der Waals surface area (Å²) in [5.74, 6) is -0.587. The molecule has 0 aromatic heterocycles. The molecule has 1 aliphatic heterocycles. The number of sulfonamides is 1. The van der Waals surface area contributed by atoms with E-state index in [-0.39, 0.29) is 23.3 Å². The zero-order valence-corrected chi connectivity index (χ0v) is 17.1. The first-order valence-electron chi connectivity index (χ1n) is 8.58. The van der Waals surface area contributed by atoms with E-state index in [1.807, 2.05) is 0 Å².